The number of hydrogen-bond donors (Lipinski definition) is 2. The van der Waals surface area contributed by atoms with Crippen LogP contribution in [0.25, 0.3) is 0 Å². The highest BCUT2D eigenvalue weighted by Crippen LogP contribution is 2.27. The van der Waals surface area contributed by atoms with Gasteiger partial charge in [0.05, 0.1) is 22.7 Å². The molecule has 1 aliphatic carbocycles. The van der Waals surface area contributed by atoms with Gasteiger partial charge in [0, 0.05) is 11.4 Å². The predicted octanol–water partition coefficient (Wildman–Crippen LogP) is 2.18. The number of thiophene rings is 1. The molecule has 5 nitrogen and oxygen atoms in total. The van der Waals surface area contributed by atoms with Crippen molar-refractivity contribution < 1.29 is 14.3 Å². The van der Waals surface area contributed by atoms with E-state index in [9.17, 15) is 9.59 Å². The van der Waals surface area contributed by atoms with Crippen molar-refractivity contribution in [1.82, 2.24) is 5.32 Å². The van der Waals surface area contributed by atoms with E-state index in [2.05, 4.69) is 5.32 Å². The van der Waals surface area contributed by atoms with Crippen LogP contribution in [0.5, 0.6) is 0 Å². The molecule has 0 bridgehead atoms. The Balaban J connectivity index is 2.15. The van der Waals surface area contributed by atoms with Crippen LogP contribution >= 0.6 is 11.3 Å². The smallest absolute Gasteiger partial charge is 0.339 e. The zero-order valence-corrected chi connectivity index (χ0v) is 11.7. The summed E-state index contributed by atoms with van der Waals surface area (Å²) in [5.74, 6) is -0.763. The van der Waals surface area contributed by atoms with Crippen molar-refractivity contribution in [2.45, 2.75) is 38.6 Å². The lowest BCUT2D eigenvalue weighted by atomic mass is 10.1. The molecular weight excluding hydrogens is 264 g/mol. The van der Waals surface area contributed by atoms with Crippen molar-refractivity contribution >= 4 is 28.2 Å². The van der Waals surface area contributed by atoms with Gasteiger partial charge in [-0.25, -0.2) is 4.79 Å². The molecule has 0 aromatic carbocycles. The summed E-state index contributed by atoms with van der Waals surface area (Å²) in [4.78, 5) is 24.0. The summed E-state index contributed by atoms with van der Waals surface area (Å²) in [5.41, 5.74) is 6.32. The van der Waals surface area contributed by atoms with E-state index in [-0.39, 0.29) is 29.7 Å². The lowest BCUT2D eigenvalue weighted by Gasteiger charge is -2.12. The van der Waals surface area contributed by atoms with Gasteiger partial charge in [-0.2, -0.15) is 0 Å². The van der Waals surface area contributed by atoms with Crippen molar-refractivity contribution in [3.05, 3.63) is 16.5 Å². The Labute approximate surface area is 116 Å². The summed E-state index contributed by atoms with van der Waals surface area (Å²) in [5, 5.41) is 4.88. The van der Waals surface area contributed by atoms with E-state index in [1.165, 1.54) is 11.3 Å². The van der Waals surface area contributed by atoms with Crippen LogP contribution < -0.4 is 11.1 Å². The van der Waals surface area contributed by atoms with Crippen molar-refractivity contribution in [2.75, 3.05) is 12.3 Å². The number of nitrogen functional groups attached to an aromatic ring is 1. The lowest BCUT2D eigenvalue weighted by Crippen LogP contribution is -2.33. The van der Waals surface area contributed by atoms with Crippen LogP contribution in [0.4, 0.5) is 5.00 Å². The number of carbonyl (C=O) groups excluding carboxylic acids is 2. The summed E-state index contributed by atoms with van der Waals surface area (Å²) in [6.45, 7) is 2.00. The van der Waals surface area contributed by atoms with Gasteiger partial charge in [-0.1, -0.05) is 12.8 Å². The first-order chi connectivity index (χ1) is 9.13. The quantitative estimate of drug-likeness (QED) is 0.829. The number of amides is 1. The number of ether oxygens (including phenoxy) is 1. The van der Waals surface area contributed by atoms with Gasteiger partial charge in [0.1, 0.15) is 0 Å². The maximum Gasteiger partial charge on any atom is 0.339 e. The molecule has 2 rings (SSSR count). The summed E-state index contributed by atoms with van der Waals surface area (Å²) < 4.78 is 4.93. The normalized spacial score (nSPS) is 15.4. The maximum absolute atomic E-state index is 12.2. The van der Waals surface area contributed by atoms with Gasteiger partial charge in [0.15, 0.2) is 0 Å². The van der Waals surface area contributed by atoms with Gasteiger partial charge in [-0.3, -0.25) is 4.79 Å². The standard InChI is InChI=1S/C13H18N2O3S/c1-2-18-13(17)9-7-19-11(14)10(9)12(16)15-8-5-3-4-6-8/h7-8H,2-6,14H2,1H3,(H,15,16). The second-order valence-electron chi connectivity index (χ2n) is 4.56. The molecule has 1 heterocycles. The van der Waals surface area contributed by atoms with Crippen LogP contribution in [0.3, 0.4) is 0 Å². The Morgan fingerprint density at radius 3 is 2.79 bits per heavy atom. The van der Waals surface area contributed by atoms with E-state index in [0.29, 0.717) is 5.00 Å². The number of esters is 1. The fraction of sp³-hybridized carbons (Fsp3) is 0.538. The van der Waals surface area contributed by atoms with Crippen LogP contribution in [0.15, 0.2) is 5.38 Å². The van der Waals surface area contributed by atoms with Gasteiger partial charge in [0.2, 0.25) is 0 Å². The van der Waals surface area contributed by atoms with Gasteiger partial charge < -0.3 is 15.8 Å². The fourth-order valence-electron chi connectivity index (χ4n) is 2.29. The Morgan fingerprint density at radius 2 is 2.16 bits per heavy atom. The van der Waals surface area contributed by atoms with Crippen LogP contribution in [0, 0.1) is 0 Å². The van der Waals surface area contributed by atoms with E-state index in [1.54, 1.807) is 12.3 Å². The second kappa shape index (κ2) is 6.06. The molecule has 0 unspecified atom stereocenters. The average Bonchev–Trinajstić information content (AvgIpc) is 2.98. The minimum absolute atomic E-state index is 0.196. The molecule has 0 aliphatic heterocycles. The molecule has 19 heavy (non-hydrogen) atoms. The minimum atomic E-state index is -0.493. The van der Waals surface area contributed by atoms with Crippen molar-refractivity contribution in [2.24, 2.45) is 0 Å². The zero-order chi connectivity index (χ0) is 13.8. The third-order valence-electron chi connectivity index (χ3n) is 3.23. The largest absolute Gasteiger partial charge is 0.462 e. The Kier molecular flexibility index (Phi) is 4.42. The molecule has 104 valence electrons. The molecule has 1 amide bonds. The summed E-state index contributed by atoms with van der Waals surface area (Å²) in [6.07, 6.45) is 4.25. The lowest BCUT2D eigenvalue weighted by molar-refractivity contribution is 0.0523. The molecule has 6 heteroatoms. The van der Waals surface area contributed by atoms with Gasteiger partial charge >= 0.3 is 5.97 Å². The summed E-state index contributed by atoms with van der Waals surface area (Å²) in [7, 11) is 0. The number of nitrogens with two attached hydrogens (primary N) is 1. The van der Waals surface area contributed by atoms with Gasteiger partial charge in [-0.15, -0.1) is 11.3 Å². The molecule has 1 aromatic rings. The number of rotatable bonds is 4. The molecule has 1 aliphatic rings. The van der Waals surface area contributed by atoms with Crippen LogP contribution in [-0.2, 0) is 4.74 Å². The molecule has 0 radical (unpaired) electrons. The van der Waals surface area contributed by atoms with E-state index in [4.69, 9.17) is 10.5 Å². The number of hydrogen-bond acceptors (Lipinski definition) is 5. The van der Waals surface area contributed by atoms with Crippen LogP contribution in [-0.4, -0.2) is 24.5 Å². The molecular formula is C13H18N2O3S. The Hall–Kier alpha value is -1.56. The van der Waals surface area contributed by atoms with E-state index >= 15 is 0 Å². The third-order valence-corrected chi connectivity index (χ3v) is 4.04. The molecule has 1 aromatic heterocycles. The monoisotopic (exact) mass is 282 g/mol. The highest BCUT2D eigenvalue weighted by Gasteiger charge is 2.25. The van der Waals surface area contributed by atoms with Crippen LogP contribution in [0.2, 0.25) is 0 Å². The zero-order valence-electron chi connectivity index (χ0n) is 10.9. The number of nitrogens with one attached hydrogen (secondary N) is 1. The van der Waals surface area contributed by atoms with Gasteiger partial charge in [-0.05, 0) is 19.8 Å². The molecule has 1 saturated carbocycles. The van der Waals surface area contributed by atoms with E-state index in [1.807, 2.05) is 0 Å². The Morgan fingerprint density at radius 1 is 1.47 bits per heavy atom. The van der Waals surface area contributed by atoms with Gasteiger partial charge in [0.25, 0.3) is 5.91 Å². The van der Waals surface area contributed by atoms with E-state index in [0.717, 1.165) is 25.7 Å². The number of anilines is 1. The first kappa shape index (κ1) is 13.9. The van der Waals surface area contributed by atoms with Crippen LogP contribution in [0.1, 0.15) is 53.3 Å². The Bertz CT molecular complexity index is 478. The molecule has 0 saturated heterocycles. The summed E-state index contributed by atoms with van der Waals surface area (Å²) >= 11 is 1.19. The molecule has 1 fully saturated rings. The van der Waals surface area contributed by atoms with Crippen molar-refractivity contribution in [3.63, 3.8) is 0 Å². The first-order valence-electron chi connectivity index (χ1n) is 6.48. The van der Waals surface area contributed by atoms with E-state index < -0.39 is 5.97 Å². The average molecular weight is 282 g/mol. The first-order valence-corrected chi connectivity index (χ1v) is 7.36. The second-order valence-corrected chi connectivity index (χ2v) is 5.48. The SMILES string of the molecule is CCOC(=O)c1csc(N)c1C(=O)NC1CCCC1. The highest BCUT2D eigenvalue weighted by molar-refractivity contribution is 7.14. The topological polar surface area (TPSA) is 81.4 Å². The predicted molar refractivity (Wildman–Crippen MR) is 74.4 cm³/mol. The highest BCUT2D eigenvalue weighted by atomic mass is 32.1. The fourth-order valence-corrected chi connectivity index (χ4v) is 3.07. The maximum atomic E-state index is 12.2. The van der Waals surface area contributed by atoms with Crippen molar-refractivity contribution in [1.29, 1.82) is 0 Å². The molecule has 3 N–H and O–H groups in total. The number of carbonyl (C=O) groups is 2. The molecule has 0 atom stereocenters. The molecule has 0 spiro atoms. The third kappa shape index (κ3) is 3.07. The van der Waals surface area contributed by atoms with Crippen molar-refractivity contribution in [3.8, 4) is 0 Å². The minimum Gasteiger partial charge on any atom is -0.462 e. The summed E-state index contributed by atoms with van der Waals surface area (Å²) in [6, 6.07) is 0.196.